The van der Waals surface area contributed by atoms with Gasteiger partial charge >= 0.3 is 0 Å². The number of nitrogens with zero attached hydrogens (tertiary/aromatic N) is 2. The van der Waals surface area contributed by atoms with Crippen molar-refractivity contribution in [2.24, 2.45) is 0 Å². The molecule has 2 aromatic rings. The van der Waals surface area contributed by atoms with E-state index in [2.05, 4.69) is 26.0 Å². The minimum atomic E-state index is -0.522. The van der Waals surface area contributed by atoms with Crippen LogP contribution >= 0.6 is 0 Å². The van der Waals surface area contributed by atoms with E-state index in [9.17, 15) is 9.59 Å². The third kappa shape index (κ3) is 7.38. The molecule has 1 aliphatic heterocycles. The van der Waals surface area contributed by atoms with E-state index in [1.807, 2.05) is 41.3 Å². The first-order valence-electron chi connectivity index (χ1n) is 14.5. The molecule has 3 rings (SSSR count). The molecule has 218 valence electrons. The number of hydrogen-bond donors (Lipinski definition) is 0. The number of ether oxygens (including phenoxy) is 3. The maximum atomic E-state index is 13.8. The fraction of sp³-hybridized carbons (Fsp3) is 0.515. The molecule has 7 nitrogen and oxygen atoms in total. The highest BCUT2D eigenvalue weighted by Gasteiger charge is 2.43. The summed E-state index contributed by atoms with van der Waals surface area (Å²) in [7, 11) is 6.55. The highest BCUT2D eigenvalue weighted by atomic mass is 16.5. The number of allylic oxidation sites excluding steroid dienone is 1. The Morgan fingerprint density at radius 3 is 2.00 bits per heavy atom. The lowest BCUT2D eigenvalue weighted by Crippen LogP contribution is -2.64. The van der Waals surface area contributed by atoms with E-state index in [0.717, 1.165) is 42.4 Å². The Morgan fingerprint density at radius 1 is 0.775 bits per heavy atom. The number of unbranched alkanes of at least 4 members (excludes halogenated alkanes) is 4. The van der Waals surface area contributed by atoms with Crippen molar-refractivity contribution >= 4 is 11.8 Å². The Balaban J connectivity index is 1.79. The van der Waals surface area contributed by atoms with Crippen molar-refractivity contribution in [1.82, 2.24) is 9.80 Å². The van der Waals surface area contributed by atoms with Gasteiger partial charge in [-0.05, 0) is 48.1 Å². The third-order valence-corrected chi connectivity index (χ3v) is 7.70. The zero-order valence-electron chi connectivity index (χ0n) is 25.1. The summed E-state index contributed by atoms with van der Waals surface area (Å²) in [6, 6.07) is 11.0. The predicted molar refractivity (Wildman–Crippen MR) is 160 cm³/mol. The molecular formula is C33H46N2O5. The van der Waals surface area contributed by atoms with Crippen molar-refractivity contribution in [3.05, 3.63) is 54.1 Å². The Hall–Kier alpha value is -3.48. The summed E-state index contributed by atoms with van der Waals surface area (Å²) >= 11 is 0. The van der Waals surface area contributed by atoms with Gasteiger partial charge < -0.3 is 24.0 Å². The molecule has 0 aromatic heterocycles. The van der Waals surface area contributed by atoms with E-state index in [1.54, 1.807) is 33.3 Å². The van der Waals surface area contributed by atoms with Crippen molar-refractivity contribution in [3.63, 3.8) is 0 Å². The van der Waals surface area contributed by atoms with Gasteiger partial charge in [-0.15, -0.1) is 0 Å². The summed E-state index contributed by atoms with van der Waals surface area (Å²) in [6.45, 7) is 4.79. The molecule has 2 unspecified atom stereocenters. The van der Waals surface area contributed by atoms with Crippen molar-refractivity contribution in [2.45, 2.75) is 77.3 Å². The summed E-state index contributed by atoms with van der Waals surface area (Å²) in [4.78, 5) is 30.7. The van der Waals surface area contributed by atoms with Crippen LogP contribution in [0.4, 0.5) is 0 Å². The van der Waals surface area contributed by atoms with Crippen LogP contribution in [-0.4, -0.2) is 68.6 Å². The maximum absolute atomic E-state index is 13.8. The summed E-state index contributed by atoms with van der Waals surface area (Å²) in [5.41, 5.74) is 2.91. The van der Waals surface area contributed by atoms with E-state index in [4.69, 9.17) is 14.2 Å². The second kappa shape index (κ2) is 15.3. The third-order valence-electron chi connectivity index (χ3n) is 7.70. The molecule has 1 fully saturated rings. The maximum Gasteiger partial charge on any atom is 0.246 e. The second-order valence-corrected chi connectivity index (χ2v) is 10.4. The fourth-order valence-corrected chi connectivity index (χ4v) is 5.27. The van der Waals surface area contributed by atoms with Crippen LogP contribution in [0.3, 0.4) is 0 Å². The number of carbonyl (C=O) groups excluding carboxylic acids is 2. The highest BCUT2D eigenvalue weighted by Crippen LogP contribution is 2.41. The van der Waals surface area contributed by atoms with E-state index in [-0.39, 0.29) is 11.8 Å². The van der Waals surface area contributed by atoms with Gasteiger partial charge in [0.15, 0.2) is 11.5 Å². The number of rotatable bonds is 15. The molecule has 1 aliphatic rings. The molecule has 0 saturated carbocycles. The van der Waals surface area contributed by atoms with Crippen molar-refractivity contribution in [1.29, 1.82) is 0 Å². The molecule has 2 atom stereocenters. The van der Waals surface area contributed by atoms with Crippen LogP contribution in [0.1, 0.15) is 64.4 Å². The second-order valence-electron chi connectivity index (χ2n) is 10.4. The molecule has 0 bridgehead atoms. The van der Waals surface area contributed by atoms with Gasteiger partial charge in [0.2, 0.25) is 17.6 Å². The monoisotopic (exact) mass is 550 g/mol. The van der Waals surface area contributed by atoms with Crippen LogP contribution in [0, 0.1) is 0 Å². The zero-order chi connectivity index (χ0) is 29.1. The number of likely N-dealkylation sites (N-methyl/N-ethyl adjacent to an activating group) is 1. The minimum absolute atomic E-state index is 0.0233. The summed E-state index contributed by atoms with van der Waals surface area (Å²) in [5, 5.41) is 0. The zero-order valence-corrected chi connectivity index (χ0v) is 25.1. The van der Waals surface area contributed by atoms with Gasteiger partial charge in [-0.2, -0.15) is 0 Å². The highest BCUT2D eigenvalue weighted by molar-refractivity contribution is 5.97. The van der Waals surface area contributed by atoms with Gasteiger partial charge in [0, 0.05) is 20.0 Å². The first-order valence-corrected chi connectivity index (χ1v) is 14.5. The van der Waals surface area contributed by atoms with Gasteiger partial charge in [-0.25, -0.2) is 0 Å². The number of methoxy groups -OCH3 is 3. The molecule has 1 saturated heterocycles. The van der Waals surface area contributed by atoms with Crippen LogP contribution in [0.2, 0.25) is 0 Å². The number of piperazine rings is 1. The molecule has 0 aliphatic carbocycles. The van der Waals surface area contributed by atoms with Gasteiger partial charge in [-0.1, -0.05) is 75.9 Å². The normalized spacial score (nSPS) is 17.6. The Kier molecular flexibility index (Phi) is 11.9. The summed E-state index contributed by atoms with van der Waals surface area (Å²) in [6.07, 6.45) is 11.8. The van der Waals surface area contributed by atoms with E-state index in [0.29, 0.717) is 36.6 Å². The largest absolute Gasteiger partial charge is 0.493 e. The van der Waals surface area contributed by atoms with E-state index in [1.165, 1.54) is 12.8 Å². The molecule has 7 heteroatoms. The molecule has 1 heterocycles. The lowest BCUT2D eigenvalue weighted by Gasteiger charge is -2.43. The van der Waals surface area contributed by atoms with Crippen LogP contribution in [-0.2, 0) is 16.0 Å². The minimum Gasteiger partial charge on any atom is -0.493 e. The Labute approximate surface area is 240 Å². The molecule has 40 heavy (non-hydrogen) atoms. The molecule has 0 radical (unpaired) electrons. The van der Waals surface area contributed by atoms with Gasteiger partial charge in [0.1, 0.15) is 12.1 Å². The van der Waals surface area contributed by atoms with E-state index < -0.39 is 12.1 Å². The summed E-state index contributed by atoms with van der Waals surface area (Å²) in [5.74, 6) is 1.78. The Bertz CT molecular complexity index is 1120. The topological polar surface area (TPSA) is 68.3 Å². The molecule has 2 aromatic carbocycles. The molecule has 0 spiro atoms. The van der Waals surface area contributed by atoms with Crippen LogP contribution in [0.5, 0.6) is 17.2 Å². The summed E-state index contributed by atoms with van der Waals surface area (Å²) < 4.78 is 16.5. The number of amides is 2. The van der Waals surface area contributed by atoms with Crippen molar-refractivity contribution < 1.29 is 23.8 Å². The molecule has 0 N–H and O–H groups in total. The average Bonchev–Trinajstić information content (AvgIpc) is 2.98. The van der Waals surface area contributed by atoms with Crippen molar-refractivity contribution in [2.75, 3.05) is 34.9 Å². The number of hydrogen-bond acceptors (Lipinski definition) is 5. The standard InChI is InChI=1S/C33H46N2O5/c1-7-9-11-12-13-14-20-35-27(15-10-8-2)32(36)34(3)28(33(35)37)21-24-16-18-25(19-17-24)26-22-29(38-4)31(40-6)30(23-26)39-5/h13-14,16-19,22-23,27-28H,7-12,15,20-21H2,1-6H3/b14-13+. The van der Waals surface area contributed by atoms with Gasteiger partial charge in [-0.3, -0.25) is 9.59 Å². The lowest BCUT2D eigenvalue weighted by molar-refractivity contribution is -0.159. The van der Waals surface area contributed by atoms with Crippen LogP contribution in [0.15, 0.2) is 48.6 Å². The molecular weight excluding hydrogens is 504 g/mol. The fourth-order valence-electron chi connectivity index (χ4n) is 5.27. The van der Waals surface area contributed by atoms with E-state index >= 15 is 0 Å². The first kappa shape index (κ1) is 31.1. The smallest absolute Gasteiger partial charge is 0.246 e. The Morgan fingerprint density at radius 2 is 1.43 bits per heavy atom. The predicted octanol–water partition coefficient (Wildman–Crippen LogP) is 6.29. The number of benzene rings is 2. The van der Waals surface area contributed by atoms with Crippen LogP contribution in [0.25, 0.3) is 11.1 Å². The average molecular weight is 551 g/mol. The van der Waals surface area contributed by atoms with Crippen molar-refractivity contribution in [3.8, 4) is 28.4 Å². The van der Waals surface area contributed by atoms with Crippen LogP contribution < -0.4 is 14.2 Å². The first-order chi connectivity index (χ1) is 19.4. The van der Waals surface area contributed by atoms with Gasteiger partial charge in [0.05, 0.1) is 21.3 Å². The lowest BCUT2D eigenvalue weighted by atomic mass is 9.95. The quantitative estimate of drug-likeness (QED) is 0.193. The SMILES string of the molecule is CCCCC/C=C/CN1C(=O)C(Cc2ccc(-c3cc(OC)c(OC)c(OC)c3)cc2)N(C)C(=O)C1CCCC. The van der Waals surface area contributed by atoms with Gasteiger partial charge in [0.25, 0.3) is 0 Å². The molecule has 2 amide bonds. The number of carbonyl (C=O) groups is 2.